The predicted molar refractivity (Wildman–Crippen MR) is 131 cm³/mol. The highest BCUT2D eigenvalue weighted by Crippen LogP contribution is 2.29. The number of rotatable bonds is 8. The first kappa shape index (κ1) is 23.7. The Morgan fingerprint density at radius 1 is 1.12 bits per heavy atom. The van der Waals surface area contributed by atoms with Crippen LogP contribution in [0.3, 0.4) is 0 Å². The average Bonchev–Trinajstić information content (AvgIpc) is 3.30. The average molecular weight is 482 g/mol. The van der Waals surface area contributed by atoms with Gasteiger partial charge in [-0.1, -0.05) is 12.1 Å². The number of anilines is 1. The van der Waals surface area contributed by atoms with Crippen molar-refractivity contribution in [1.29, 1.82) is 0 Å². The van der Waals surface area contributed by atoms with Crippen molar-refractivity contribution in [3.05, 3.63) is 58.4 Å². The quantitative estimate of drug-likeness (QED) is 0.523. The van der Waals surface area contributed by atoms with Crippen molar-refractivity contribution in [2.75, 3.05) is 44.8 Å². The number of ether oxygens (including phenoxy) is 3. The van der Waals surface area contributed by atoms with Crippen LogP contribution in [0, 0.1) is 6.92 Å². The minimum Gasteiger partial charge on any atom is -0.490 e. The summed E-state index contributed by atoms with van der Waals surface area (Å²) >= 11 is 1.58. The topological polar surface area (TPSA) is 90.0 Å². The largest absolute Gasteiger partial charge is 0.490 e. The van der Waals surface area contributed by atoms with E-state index in [4.69, 9.17) is 14.2 Å². The van der Waals surface area contributed by atoms with Crippen molar-refractivity contribution in [1.82, 2.24) is 9.88 Å². The van der Waals surface area contributed by atoms with Gasteiger partial charge in [-0.3, -0.25) is 9.59 Å². The van der Waals surface area contributed by atoms with Crippen LogP contribution < -0.4 is 14.8 Å². The minimum atomic E-state index is -0.275. The van der Waals surface area contributed by atoms with E-state index in [-0.39, 0.29) is 18.4 Å². The molecule has 0 radical (unpaired) electrons. The number of nitrogens with zero attached hydrogens (tertiary/aromatic N) is 2. The number of thiazole rings is 1. The molecule has 1 fully saturated rings. The molecule has 2 aromatic carbocycles. The number of carbonyl (C=O) groups excluding carboxylic acids is 2. The summed E-state index contributed by atoms with van der Waals surface area (Å²) in [6.07, 6.45) is 0. The van der Waals surface area contributed by atoms with Gasteiger partial charge in [0.05, 0.1) is 30.5 Å². The second-order valence-corrected chi connectivity index (χ2v) is 8.73. The molecule has 2 amide bonds. The van der Waals surface area contributed by atoms with Crippen molar-refractivity contribution in [3.63, 3.8) is 0 Å². The lowest BCUT2D eigenvalue weighted by Gasteiger charge is -2.26. The van der Waals surface area contributed by atoms with Gasteiger partial charge in [0.2, 0.25) is 0 Å². The predicted octanol–water partition coefficient (Wildman–Crippen LogP) is 4.01. The number of benzene rings is 2. The molecule has 0 aliphatic carbocycles. The fourth-order valence-electron chi connectivity index (χ4n) is 3.54. The van der Waals surface area contributed by atoms with Gasteiger partial charge in [0.15, 0.2) is 18.1 Å². The molecule has 0 spiro atoms. The molecule has 0 atom stereocenters. The summed E-state index contributed by atoms with van der Waals surface area (Å²) in [7, 11) is 0. The van der Waals surface area contributed by atoms with Crippen LogP contribution in [0.4, 0.5) is 5.69 Å². The van der Waals surface area contributed by atoms with Gasteiger partial charge in [0, 0.05) is 35.3 Å². The molecule has 2 heterocycles. The first-order valence-corrected chi connectivity index (χ1v) is 12.0. The highest BCUT2D eigenvalue weighted by atomic mass is 32.1. The third kappa shape index (κ3) is 5.92. The molecular weight excluding hydrogens is 454 g/mol. The Hall–Kier alpha value is -3.43. The summed E-state index contributed by atoms with van der Waals surface area (Å²) in [5.41, 5.74) is 2.91. The lowest BCUT2D eigenvalue weighted by atomic mass is 10.1. The molecule has 0 unspecified atom stereocenters. The maximum absolute atomic E-state index is 12.9. The molecule has 1 aliphatic heterocycles. The van der Waals surface area contributed by atoms with E-state index in [0.717, 1.165) is 16.3 Å². The van der Waals surface area contributed by atoms with Crippen LogP contribution in [0.5, 0.6) is 11.5 Å². The highest BCUT2D eigenvalue weighted by molar-refractivity contribution is 7.09. The number of hydrogen-bond donors (Lipinski definition) is 1. The van der Waals surface area contributed by atoms with Crippen molar-refractivity contribution in [3.8, 4) is 22.8 Å². The smallest absolute Gasteiger partial charge is 0.260 e. The number of nitrogens with one attached hydrogen (secondary N) is 1. The van der Waals surface area contributed by atoms with E-state index < -0.39 is 0 Å². The molecule has 3 aromatic rings. The van der Waals surface area contributed by atoms with Gasteiger partial charge >= 0.3 is 0 Å². The number of aryl methyl sites for hydroxylation is 1. The summed E-state index contributed by atoms with van der Waals surface area (Å²) < 4.78 is 16.7. The standard InChI is InChI=1S/C25H27N3O5S/c1-3-32-23-14-19(7-8-22(23)33-15-24(29)28-9-11-31-12-10-28)25(30)27-20-6-4-5-18(13-20)21-16-34-17(2)26-21/h4-8,13-14,16H,3,9-12,15H2,1-2H3,(H,27,30). The molecule has 178 valence electrons. The van der Waals surface area contributed by atoms with Crippen molar-refractivity contribution < 1.29 is 23.8 Å². The van der Waals surface area contributed by atoms with Crippen LogP contribution in [0.25, 0.3) is 11.3 Å². The van der Waals surface area contributed by atoms with Crippen LogP contribution in [0.1, 0.15) is 22.3 Å². The van der Waals surface area contributed by atoms with E-state index in [1.807, 2.05) is 43.5 Å². The Morgan fingerprint density at radius 2 is 1.94 bits per heavy atom. The molecule has 1 aromatic heterocycles. The van der Waals surface area contributed by atoms with Crippen LogP contribution in [-0.2, 0) is 9.53 Å². The normalized spacial score (nSPS) is 13.4. The second kappa shape index (κ2) is 11.1. The van der Waals surface area contributed by atoms with Crippen molar-refractivity contribution in [2.45, 2.75) is 13.8 Å². The van der Waals surface area contributed by atoms with Gasteiger partial charge in [0.25, 0.3) is 11.8 Å². The van der Waals surface area contributed by atoms with Gasteiger partial charge in [-0.15, -0.1) is 11.3 Å². The molecule has 1 aliphatic rings. The molecule has 9 heteroatoms. The Kier molecular flexibility index (Phi) is 7.76. The van der Waals surface area contributed by atoms with Crippen molar-refractivity contribution in [2.24, 2.45) is 0 Å². The van der Waals surface area contributed by atoms with Crippen LogP contribution in [0.2, 0.25) is 0 Å². The number of morpholine rings is 1. The molecule has 8 nitrogen and oxygen atoms in total. The number of aromatic nitrogens is 1. The zero-order chi connectivity index (χ0) is 23.9. The van der Waals surface area contributed by atoms with Gasteiger partial charge < -0.3 is 24.4 Å². The van der Waals surface area contributed by atoms with Crippen LogP contribution in [-0.4, -0.2) is 61.2 Å². The monoisotopic (exact) mass is 481 g/mol. The summed E-state index contributed by atoms with van der Waals surface area (Å²) in [4.78, 5) is 31.5. The summed E-state index contributed by atoms with van der Waals surface area (Å²) in [6, 6.07) is 12.5. The SMILES string of the molecule is CCOc1cc(C(=O)Nc2cccc(-c3csc(C)n3)c2)ccc1OCC(=O)N1CCOCC1. The fourth-order valence-corrected chi connectivity index (χ4v) is 4.16. The van der Waals surface area contributed by atoms with Gasteiger partial charge in [0.1, 0.15) is 0 Å². The zero-order valence-corrected chi connectivity index (χ0v) is 20.0. The molecular formula is C25H27N3O5S. The van der Waals surface area contributed by atoms with E-state index in [9.17, 15) is 9.59 Å². The Balaban J connectivity index is 1.44. The van der Waals surface area contributed by atoms with Crippen molar-refractivity contribution >= 4 is 28.8 Å². The lowest BCUT2D eigenvalue weighted by Crippen LogP contribution is -2.43. The molecule has 0 bridgehead atoms. The first-order valence-electron chi connectivity index (χ1n) is 11.1. The molecule has 1 N–H and O–H groups in total. The Labute approximate surface area is 202 Å². The summed E-state index contributed by atoms with van der Waals surface area (Å²) in [5.74, 6) is 0.448. The number of hydrogen-bond acceptors (Lipinski definition) is 7. The first-order chi connectivity index (χ1) is 16.5. The van der Waals surface area contributed by atoms with E-state index >= 15 is 0 Å². The van der Waals surface area contributed by atoms with E-state index in [1.54, 1.807) is 34.4 Å². The summed E-state index contributed by atoms with van der Waals surface area (Å²) in [5, 5.41) is 5.91. The van der Waals surface area contributed by atoms with E-state index in [0.29, 0.717) is 55.7 Å². The zero-order valence-electron chi connectivity index (χ0n) is 19.2. The fraction of sp³-hybridized carbons (Fsp3) is 0.320. The Morgan fingerprint density at radius 3 is 2.68 bits per heavy atom. The maximum atomic E-state index is 12.9. The van der Waals surface area contributed by atoms with E-state index in [2.05, 4.69) is 10.3 Å². The Bertz CT molecular complexity index is 1160. The van der Waals surface area contributed by atoms with Crippen LogP contribution >= 0.6 is 11.3 Å². The minimum absolute atomic E-state index is 0.103. The third-order valence-corrected chi connectivity index (χ3v) is 6.03. The number of carbonyl (C=O) groups is 2. The van der Waals surface area contributed by atoms with Gasteiger partial charge in [-0.2, -0.15) is 0 Å². The molecule has 4 rings (SSSR count). The van der Waals surface area contributed by atoms with Crippen LogP contribution in [0.15, 0.2) is 47.8 Å². The van der Waals surface area contributed by atoms with E-state index in [1.165, 1.54) is 0 Å². The summed E-state index contributed by atoms with van der Waals surface area (Å²) in [6.45, 7) is 6.29. The second-order valence-electron chi connectivity index (χ2n) is 7.66. The highest BCUT2D eigenvalue weighted by Gasteiger charge is 2.19. The molecule has 0 saturated carbocycles. The maximum Gasteiger partial charge on any atom is 0.260 e. The van der Waals surface area contributed by atoms with Gasteiger partial charge in [-0.05, 0) is 44.2 Å². The third-order valence-electron chi connectivity index (χ3n) is 5.26. The number of amides is 2. The van der Waals surface area contributed by atoms with Gasteiger partial charge in [-0.25, -0.2) is 4.98 Å². The lowest BCUT2D eigenvalue weighted by molar-refractivity contribution is -0.137. The molecule has 34 heavy (non-hydrogen) atoms. The molecule has 1 saturated heterocycles.